The highest BCUT2D eigenvalue weighted by Gasteiger charge is 2.22. The molecule has 1 amide bonds. The van der Waals surface area contributed by atoms with E-state index in [0.29, 0.717) is 11.1 Å². The Bertz CT molecular complexity index is 659. The topological polar surface area (TPSA) is 69.0 Å². The summed E-state index contributed by atoms with van der Waals surface area (Å²) in [7, 11) is 4.72. The van der Waals surface area contributed by atoms with Gasteiger partial charge in [-0.05, 0) is 6.07 Å². The van der Waals surface area contributed by atoms with Crippen LogP contribution in [0.15, 0.2) is 28.7 Å². The minimum Gasteiger partial charge on any atom is -0.450 e. The van der Waals surface area contributed by atoms with Crippen LogP contribution < -0.4 is 0 Å². The second-order valence-corrected chi connectivity index (χ2v) is 4.70. The number of ether oxygens (including phenoxy) is 2. The van der Waals surface area contributed by atoms with Crippen molar-refractivity contribution in [2.45, 2.75) is 6.61 Å². The lowest BCUT2D eigenvalue weighted by Crippen LogP contribution is -2.27. The molecule has 0 saturated carbocycles. The second-order valence-electron chi connectivity index (χ2n) is 4.70. The Morgan fingerprint density at radius 2 is 1.95 bits per heavy atom. The number of likely N-dealkylation sites (N-methyl/N-ethyl adjacent to an activating group) is 1. The molecule has 1 aromatic heterocycles. The third kappa shape index (κ3) is 3.22. The van der Waals surface area contributed by atoms with Crippen molar-refractivity contribution in [1.29, 1.82) is 0 Å². The highest BCUT2D eigenvalue weighted by molar-refractivity contribution is 5.96. The number of carbonyl (C=O) groups is 2. The number of rotatable bonds is 5. The van der Waals surface area contributed by atoms with Crippen molar-refractivity contribution in [2.75, 3.05) is 27.8 Å². The van der Waals surface area contributed by atoms with Crippen molar-refractivity contribution in [1.82, 2.24) is 4.90 Å². The molecule has 0 atom stereocenters. The molecule has 0 bridgehead atoms. The Balaban J connectivity index is 2.26. The van der Waals surface area contributed by atoms with Crippen molar-refractivity contribution in [3.05, 3.63) is 35.6 Å². The number of hydrogen-bond donors (Lipinski definition) is 0. The van der Waals surface area contributed by atoms with E-state index in [-0.39, 0.29) is 24.9 Å². The van der Waals surface area contributed by atoms with Crippen LogP contribution in [0.25, 0.3) is 11.0 Å². The number of nitrogens with zero attached hydrogens (tertiary/aromatic N) is 1. The Morgan fingerprint density at radius 1 is 1.24 bits per heavy atom. The molecule has 2 rings (SSSR count). The first kappa shape index (κ1) is 15.1. The van der Waals surface area contributed by atoms with Gasteiger partial charge in [0.15, 0.2) is 6.61 Å². The number of furan rings is 1. The van der Waals surface area contributed by atoms with Gasteiger partial charge >= 0.3 is 5.97 Å². The Morgan fingerprint density at radius 3 is 2.62 bits per heavy atom. The highest BCUT2D eigenvalue weighted by Crippen LogP contribution is 2.27. The predicted octanol–water partition coefficient (Wildman–Crippen LogP) is 1.82. The molecule has 0 unspecified atom stereocenters. The van der Waals surface area contributed by atoms with Gasteiger partial charge in [0, 0.05) is 32.2 Å². The van der Waals surface area contributed by atoms with E-state index in [1.807, 2.05) is 18.2 Å². The van der Waals surface area contributed by atoms with Gasteiger partial charge in [0.2, 0.25) is 5.76 Å². The van der Waals surface area contributed by atoms with Gasteiger partial charge in [-0.2, -0.15) is 0 Å². The van der Waals surface area contributed by atoms with Crippen molar-refractivity contribution >= 4 is 22.8 Å². The lowest BCUT2D eigenvalue weighted by molar-refractivity contribution is -0.132. The Hall–Kier alpha value is -2.34. The molecule has 0 aliphatic carbocycles. The van der Waals surface area contributed by atoms with Gasteiger partial charge in [-0.1, -0.05) is 18.2 Å². The third-order valence-corrected chi connectivity index (χ3v) is 3.00. The summed E-state index contributed by atoms with van der Waals surface area (Å²) in [4.78, 5) is 24.9. The Kier molecular flexibility index (Phi) is 4.59. The van der Waals surface area contributed by atoms with E-state index in [4.69, 9.17) is 13.9 Å². The quantitative estimate of drug-likeness (QED) is 0.786. The van der Waals surface area contributed by atoms with E-state index in [9.17, 15) is 9.59 Å². The summed E-state index contributed by atoms with van der Waals surface area (Å²) in [5.41, 5.74) is 1.20. The molecule has 1 aromatic carbocycles. The Labute approximate surface area is 122 Å². The zero-order valence-corrected chi connectivity index (χ0v) is 12.2. The molecule has 6 nitrogen and oxygen atoms in total. The molecule has 0 aliphatic heterocycles. The van der Waals surface area contributed by atoms with E-state index < -0.39 is 5.97 Å². The fraction of sp³-hybridized carbons (Fsp3) is 0.333. The summed E-state index contributed by atoms with van der Waals surface area (Å²) in [6, 6.07) is 7.26. The normalized spacial score (nSPS) is 10.6. The first-order valence-electron chi connectivity index (χ1n) is 6.41. The van der Waals surface area contributed by atoms with Crippen LogP contribution in [0.5, 0.6) is 0 Å². The number of para-hydroxylation sites is 1. The maximum atomic E-state index is 12.1. The molecule has 0 spiro atoms. The van der Waals surface area contributed by atoms with Crippen LogP contribution >= 0.6 is 0 Å². The zero-order valence-electron chi connectivity index (χ0n) is 12.2. The van der Waals surface area contributed by atoms with Crippen molar-refractivity contribution in [2.24, 2.45) is 0 Å². The first-order valence-corrected chi connectivity index (χ1v) is 6.41. The largest absolute Gasteiger partial charge is 0.450 e. The number of benzene rings is 1. The summed E-state index contributed by atoms with van der Waals surface area (Å²) in [6.07, 6.45) is 0. The minimum atomic E-state index is -0.673. The van der Waals surface area contributed by atoms with E-state index in [0.717, 1.165) is 5.39 Å². The van der Waals surface area contributed by atoms with Crippen LogP contribution in [0.3, 0.4) is 0 Å². The maximum absolute atomic E-state index is 12.1. The number of amides is 1. The number of esters is 1. The summed E-state index contributed by atoms with van der Waals surface area (Å²) < 4.78 is 15.6. The standard InChI is InChI=1S/C15H17NO5/c1-16(2)13(17)9-20-15(18)14-11(8-19-3)10-6-4-5-7-12(10)21-14/h4-7H,8-9H2,1-3H3. The predicted molar refractivity (Wildman–Crippen MR) is 75.9 cm³/mol. The van der Waals surface area contributed by atoms with Crippen LogP contribution in [-0.4, -0.2) is 44.6 Å². The molecule has 0 fully saturated rings. The van der Waals surface area contributed by atoms with Crippen LogP contribution in [0.1, 0.15) is 16.1 Å². The average Bonchev–Trinajstić information content (AvgIpc) is 2.84. The molecule has 0 aliphatic rings. The number of fused-ring (bicyclic) bond motifs is 1. The maximum Gasteiger partial charge on any atom is 0.375 e. The minimum absolute atomic E-state index is 0.0737. The van der Waals surface area contributed by atoms with Gasteiger partial charge in [0.1, 0.15) is 5.58 Å². The second kappa shape index (κ2) is 6.41. The van der Waals surface area contributed by atoms with Crippen LogP contribution in [0.2, 0.25) is 0 Å². The molecule has 1 heterocycles. The fourth-order valence-electron chi connectivity index (χ4n) is 1.87. The van der Waals surface area contributed by atoms with Crippen molar-refractivity contribution in [3.8, 4) is 0 Å². The molecule has 112 valence electrons. The lowest BCUT2D eigenvalue weighted by atomic mass is 10.1. The van der Waals surface area contributed by atoms with E-state index in [2.05, 4.69) is 0 Å². The molecule has 0 N–H and O–H groups in total. The van der Waals surface area contributed by atoms with Crippen LogP contribution in [0, 0.1) is 0 Å². The molecular formula is C15H17NO5. The first-order chi connectivity index (χ1) is 10.0. The molecular weight excluding hydrogens is 274 g/mol. The molecule has 0 saturated heterocycles. The van der Waals surface area contributed by atoms with Crippen LogP contribution in [0.4, 0.5) is 0 Å². The van der Waals surface area contributed by atoms with Gasteiger partial charge in [-0.15, -0.1) is 0 Å². The van der Waals surface area contributed by atoms with Gasteiger partial charge in [-0.25, -0.2) is 4.79 Å². The SMILES string of the molecule is COCc1c(C(=O)OCC(=O)N(C)C)oc2ccccc12. The summed E-state index contributed by atoms with van der Waals surface area (Å²) >= 11 is 0. The summed E-state index contributed by atoms with van der Waals surface area (Å²) in [5, 5.41) is 0.797. The molecule has 6 heteroatoms. The molecule has 2 aromatic rings. The number of carbonyl (C=O) groups excluding carboxylic acids is 2. The third-order valence-electron chi connectivity index (χ3n) is 3.00. The van der Waals surface area contributed by atoms with Gasteiger partial charge < -0.3 is 18.8 Å². The smallest absolute Gasteiger partial charge is 0.375 e. The highest BCUT2D eigenvalue weighted by atomic mass is 16.5. The van der Waals surface area contributed by atoms with Crippen LogP contribution in [-0.2, 0) is 20.9 Å². The average molecular weight is 291 g/mol. The van der Waals surface area contributed by atoms with Gasteiger partial charge in [-0.3, -0.25) is 4.79 Å². The van der Waals surface area contributed by atoms with E-state index in [1.165, 1.54) is 12.0 Å². The monoisotopic (exact) mass is 291 g/mol. The van der Waals surface area contributed by atoms with Gasteiger partial charge in [0.05, 0.1) is 6.61 Å². The van der Waals surface area contributed by atoms with E-state index >= 15 is 0 Å². The zero-order chi connectivity index (χ0) is 15.4. The lowest BCUT2D eigenvalue weighted by Gasteiger charge is -2.10. The number of methoxy groups -OCH3 is 1. The molecule has 0 radical (unpaired) electrons. The van der Waals surface area contributed by atoms with Crippen molar-refractivity contribution in [3.63, 3.8) is 0 Å². The van der Waals surface area contributed by atoms with Gasteiger partial charge in [0.25, 0.3) is 5.91 Å². The van der Waals surface area contributed by atoms with E-state index in [1.54, 1.807) is 20.2 Å². The summed E-state index contributed by atoms with van der Waals surface area (Å²) in [5.74, 6) is -0.897. The summed E-state index contributed by atoms with van der Waals surface area (Å²) in [6.45, 7) is -0.0988. The fourth-order valence-corrected chi connectivity index (χ4v) is 1.87. The molecule has 21 heavy (non-hydrogen) atoms. The van der Waals surface area contributed by atoms with Crippen molar-refractivity contribution < 1.29 is 23.5 Å². The number of hydrogen-bond acceptors (Lipinski definition) is 5.